The van der Waals surface area contributed by atoms with Crippen LogP contribution in [0.1, 0.15) is 28.8 Å². The third-order valence-electron chi connectivity index (χ3n) is 4.47. The summed E-state index contributed by atoms with van der Waals surface area (Å²) in [5.74, 6) is 0.871. The molecule has 1 aliphatic heterocycles. The standard InChI is InChI=1S/C19H19N3O3/c1-25-16-5-2-13(3-6-16)4-7-18(23)22-9-8-17-15(12-22)10-14(11-20)19(24)21-17/h2-3,5-6,10H,4,7-9,12H2,1H3,(H,21,24). The van der Waals surface area contributed by atoms with Crippen LogP contribution in [-0.2, 0) is 24.2 Å². The van der Waals surface area contributed by atoms with Crippen LogP contribution in [-0.4, -0.2) is 29.4 Å². The number of nitrogens with one attached hydrogen (secondary N) is 1. The van der Waals surface area contributed by atoms with E-state index in [1.807, 2.05) is 30.3 Å². The molecule has 0 saturated heterocycles. The van der Waals surface area contributed by atoms with Crippen LogP contribution in [0.5, 0.6) is 5.75 Å². The first-order valence-electron chi connectivity index (χ1n) is 8.16. The molecule has 2 heterocycles. The number of carbonyl (C=O) groups excluding carboxylic acids is 1. The fourth-order valence-electron chi connectivity index (χ4n) is 3.00. The zero-order valence-electron chi connectivity index (χ0n) is 14.0. The first-order valence-corrected chi connectivity index (χ1v) is 8.16. The largest absolute Gasteiger partial charge is 0.497 e. The number of methoxy groups -OCH3 is 1. The van der Waals surface area contributed by atoms with Crippen molar-refractivity contribution in [2.24, 2.45) is 0 Å². The summed E-state index contributed by atoms with van der Waals surface area (Å²) in [7, 11) is 1.62. The number of H-pyrrole nitrogens is 1. The zero-order valence-corrected chi connectivity index (χ0v) is 14.0. The van der Waals surface area contributed by atoms with Crippen LogP contribution in [0, 0.1) is 11.3 Å². The van der Waals surface area contributed by atoms with Gasteiger partial charge in [0.25, 0.3) is 5.56 Å². The average molecular weight is 337 g/mol. The lowest BCUT2D eigenvalue weighted by Gasteiger charge is -2.28. The highest BCUT2D eigenvalue weighted by molar-refractivity contribution is 5.76. The molecule has 2 aromatic rings. The predicted octanol–water partition coefficient (Wildman–Crippen LogP) is 1.77. The lowest BCUT2D eigenvalue weighted by molar-refractivity contribution is -0.132. The summed E-state index contributed by atoms with van der Waals surface area (Å²) in [6, 6.07) is 11.2. The maximum Gasteiger partial charge on any atom is 0.266 e. The van der Waals surface area contributed by atoms with Crippen molar-refractivity contribution >= 4 is 5.91 Å². The Bertz CT molecular complexity index is 878. The fourth-order valence-corrected chi connectivity index (χ4v) is 3.00. The molecular weight excluding hydrogens is 318 g/mol. The maximum atomic E-state index is 12.5. The van der Waals surface area contributed by atoms with Gasteiger partial charge < -0.3 is 14.6 Å². The smallest absolute Gasteiger partial charge is 0.266 e. The molecule has 0 unspecified atom stereocenters. The molecule has 128 valence electrons. The number of fused-ring (bicyclic) bond motifs is 1. The lowest BCUT2D eigenvalue weighted by atomic mass is 10.0. The molecule has 0 fully saturated rings. The molecule has 0 spiro atoms. The molecule has 3 rings (SSSR count). The van der Waals surface area contributed by atoms with Crippen LogP contribution in [0.2, 0.25) is 0 Å². The molecular formula is C19H19N3O3. The van der Waals surface area contributed by atoms with Gasteiger partial charge in [0.2, 0.25) is 5.91 Å². The Morgan fingerprint density at radius 1 is 1.36 bits per heavy atom. The van der Waals surface area contributed by atoms with Crippen molar-refractivity contribution < 1.29 is 9.53 Å². The van der Waals surface area contributed by atoms with Crippen LogP contribution in [0.15, 0.2) is 35.1 Å². The minimum absolute atomic E-state index is 0.0752. The second-order valence-electron chi connectivity index (χ2n) is 6.04. The number of hydrogen-bond acceptors (Lipinski definition) is 4. The average Bonchev–Trinajstić information content (AvgIpc) is 2.65. The summed E-state index contributed by atoms with van der Waals surface area (Å²) < 4.78 is 5.13. The molecule has 1 aliphatic rings. The topological polar surface area (TPSA) is 86.2 Å². The van der Waals surface area contributed by atoms with Crippen LogP contribution in [0.25, 0.3) is 0 Å². The number of carbonyl (C=O) groups is 1. The van der Waals surface area contributed by atoms with Crippen LogP contribution >= 0.6 is 0 Å². The van der Waals surface area contributed by atoms with E-state index in [1.165, 1.54) is 0 Å². The fraction of sp³-hybridized carbons (Fsp3) is 0.316. The van der Waals surface area contributed by atoms with Gasteiger partial charge in [-0.15, -0.1) is 0 Å². The molecule has 0 atom stereocenters. The number of benzene rings is 1. The van der Waals surface area contributed by atoms with E-state index in [9.17, 15) is 9.59 Å². The number of hydrogen-bond donors (Lipinski definition) is 1. The van der Waals surface area contributed by atoms with E-state index in [4.69, 9.17) is 10.00 Å². The van der Waals surface area contributed by atoms with Crippen molar-refractivity contribution in [3.8, 4) is 11.8 Å². The molecule has 0 aliphatic carbocycles. The van der Waals surface area contributed by atoms with Crippen molar-refractivity contribution in [3.63, 3.8) is 0 Å². The van der Waals surface area contributed by atoms with Gasteiger partial charge in [-0.25, -0.2) is 0 Å². The van der Waals surface area contributed by atoms with Crippen molar-refractivity contribution in [2.75, 3.05) is 13.7 Å². The Kier molecular flexibility index (Phi) is 4.85. The highest BCUT2D eigenvalue weighted by Crippen LogP contribution is 2.18. The van der Waals surface area contributed by atoms with E-state index in [2.05, 4.69) is 4.98 Å². The number of aromatic nitrogens is 1. The number of rotatable bonds is 4. The summed E-state index contributed by atoms with van der Waals surface area (Å²) >= 11 is 0. The monoisotopic (exact) mass is 337 g/mol. The van der Waals surface area contributed by atoms with Crippen molar-refractivity contribution in [3.05, 3.63) is 63.1 Å². The Hall–Kier alpha value is -3.07. The van der Waals surface area contributed by atoms with Gasteiger partial charge in [0.05, 0.1) is 7.11 Å². The molecule has 1 N–H and O–H groups in total. The maximum absolute atomic E-state index is 12.5. The number of pyridine rings is 1. The summed E-state index contributed by atoms with van der Waals surface area (Å²) in [6.45, 7) is 1.01. The number of nitriles is 1. The molecule has 25 heavy (non-hydrogen) atoms. The highest BCUT2D eigenvalue weighted by Gasteiger charge is 2.22. The SMILES string of the molecule is COc1ccc(CCC(=O)N2CCc3[nH]c(=O)c(C#N)cc3C2)cc1. The number of nitrogens with zero attached hydrogens (tertiary/aromatic N) is 2. The lowest BCUT2D eigenvalue weighted by Crippen LogP contribution is -2.37. The Morgan fingerprint density at radius 3 is 2.80 bits per heavy atom. The number of aromatic amines is 1. The van der Waals surface area contributed by atoms with Gasteiger partial charge in [-0.1, -0.05) is 12.1 Å². The third kappa shape index (κ3) is 3.72. The van der Waals surface area contributed by atoms with E-state index in [0.29, 0.717) is 32.4 Å². The van der Waals surface area contributed by atoms with Gasteiger partial charge in [-0.05, 0) is 35.7 Å². The van der Waals surface area contributed by atoms with Gasteiger partial charge >= 0.3 is 0 Å². The molecule has 6 nitrogen and oxygen atoms in total. The minimum Gasteiger partial charge on any atom is -0.497 e. The van der Waals surface area contributed by atoms with E-state index in [0.717, 1.165) is 22.6 Å². The molecule has 0 radical (unpaired) electrons. The minimum atomic E-state index is -0.361. The van der Waals surface area contributed by atoms with E-state index < -0.39 is 0 Å². The van der Waals surface area contributed by atoms with E-state index in [-0.39, 0.29) is 17.0 Å². The second-order valence-corrected chi connectivity index (χ2v) is 6.04. The molecule has 1 amide bonds. The van der Waals surface area contributed by atoms with E-state index in [1.54, 1.807) is 18.1 Å². The van der Waals surface area contributed by atoms with Gasteiger partial charge in [0, 0.05) is 31.6 Å². The molecule has 0 bridgehead atoms. The van der Waals surface area contributed by atoms with Gasteiger partial charge in [-0.3, -0.25) is 9.59 Å². The normalized spacial score (nSPS) is 13.0. The first-order chi connectivity index (χ1) is 12.1. The molecule has 6 heteroatoms. The Morgan fingerprint density at radius 2 is 2.12 bits per heavy atom. The van der Waals surface area contributed by atoms with Crippen LogP contribution in [0.4, 0.5) is 0 Å². The van der Waals surface area contributed by atoms with Crippen LogP contribution in [0.3, 0.4) is 0 Å². The van der Waals surface area contributed by atoms with Crippen molar-refractivity contribution in [1.82, 2.24) is 9.88 Å². The number of ether oxygens (including phenoxy) is 1. The Labute approximate surface area is 145 Å². The quantitative estimate of drug-likeness (QED) is 0.921. The summed E-state index contributed by atoms with van der Waals surface area (Å²) in [6.07, 6.45) is 1.70. The predicted molar refractivity (Wildman–Crippen MR) is 92.2 cm³/mol. The zero-order chi connectivity index (χ0) is 17.8. The Balaban J connectivity index is 1.64. The summed E-state index contributed by atoms with van der Waals surface area (Å²) in [4.78, 5) is 28.7. The van der Waals surface area contributed by atoms with Crippen LogP contribution < -0.4 is 10.3 Å². The number of amides is 1. The highest BCUT2D eigenvalue weighted by atomic mass is 16.5. The van der Waals surface area contributed by atoms with Crippen molar-refractivity contribution in [1.29, 1.82) is 5.26 Å². The second kappa shape index (κ2) is 7.22. The van der Waals surface area contributed by atoms with Gasteiger partial charge in [-0.2, -0.15) is 5.26 Å². The van der Waals surface area contributed by atoms with Crippen molar-refractivity contribution in [2.45, 2.75) is 25.8 Å². The van der Waals surface area contributed by atoms with Gasteiger partial charge in [0.1, 0.15) is 17.4 Å². The summed E-state index contributed by atoms with van der Waals surface area (Å²) in [5.41, 5.74) is 2.48. The molecule has 0 saturated carbocycles. The van der Waals surface area contributed by atoms with E-state index >= 15 is 0 Å². The molecule has 1 aromatic heterocycles. The third-order valence-corrected chi connectivity index (χ3v) is 4.47. The number of aryl methyl sites for hydroxylation is 1. The first kappa shape index (κ1) is 16.8. The summed E-state index contributed by atoms with van der Waals surface area (Å²) in [5, 5.41) is 8.98. The van der Waals surface area contributed by atoms with Gasteiger partial charge in [0.15, 0.2) is 0 Å². The molecule has 1 aromatic carbocycles.